The fourth-order valence-electron chi connectivity index (χ4n) is 2.57. The van der Waals surface area contributed by atoms with Crippen LogP contribution in [0.2, 0.25) is 0 Å². The van der Waals surface area contributed by atoms with Crippen LogP contribution in [0.3, 0.4) is 0 Å². The highest BCUT2D eigenvalue weighted by atomic mass is 32.2. The molecule has 1 aliphatic rings. The van der Waals surface area contributed by atoms with Gasteiger partial charge in [-0.05, 0) is 44.0 Å². The summed E-state index contributed by atoms with van der Waals surface area (Å²) < 4.78 is 23.2. The van der Waals surface area contributed by atoms with E-state index in [1.54, 1.807) is 6.92 Å². The Morgan fingerprint density at radius 1 is 1.20 bits per heavy atom. The number of anilines is 2. The fraction of sp³-hybridized carbons (Fsp3) is 0.600. The molecule has 1 heterocycles. The maximum absolute atomic E-state index is 11.6. The van der Waals surface area contributed by atoms with Crippen molar-refractivity contribution >= 4 is 21.2 Å². The molecule has 0 amide bonds. The predicted molar refractivity (Wildman–Crippen MR) is 85.3 cm³/mol. The molecule has 0 spiro atoms. The van der Waals surface area contributed by atoms with Crippen LogP contribution in [0.5, 0.6) is 0 Å². The van der Waals surface area contributed by atoms with Gasteiger partial charge < -0.3 is 10.2 Å². The first-order valence-electron chi connectivity index (χ1n) is 7.32. The zero-order valence-electron chi connectivity index (χ0n) is 12.3. The van der Waals surface area contributed by atoms with E-state index in [1.165, 1.54) is 18.5 Å². The Morgan fingerprint density at radius 2 is 1.80 bits per heavy atom. The highest BCUT2D eigenvalue weighted by Gasteiger charge is 2.14. The van der Waals surface area contributed by atoms with Gasteiger partial charge in [-0.1, -0.05) is 6.92 Å². The summed E-state index contributed by atoms with van der Waals surface area (Å²) in [5, 5.41) is 3.25. The smallest absolute Gasteiger partial charge is 0.152 e. The average Bonchev–Trinajstić information content (AvgIpc) is 2.93. The number of nitrogens with zero attached hydrogens (tertiary/aromatic N) is 1. The van der Waals surface area contributed by atoms with Crippen molar-refractivity contribution in [1.29, 1.82) is 0 Å². The van der Waals surface area contributed by atoms with Gasteiger partial charge >= 0.3 is 0 Å². The minimum atomic E-state index is -2.93. The SMILES string of the molecule is CCS(=O)(=O)CC(C)Nc1ccc(N2CCCC2)cc1. The Balaban J connectivity index is 1.93. The molecule has 0 saturated carbocycles. The van der Waals surface area contributed by atoms with Crippen LogP contribution >= 0.6 is 0 Å². The van der Waals surface area contributed by atoms with Gasteiger partial charge in [0.2, 0.25) is 0 Å². The molecule has 1 aromatic carbocycles. The minimum absolute atomic E-state index is 0.0717. The molecule has 1 saturated heterocycles. The van der Waals surface area contributed by atoms with Crippen LogP contribution in [0.1, 0.15) is 26.7 Å². The van der Waals surface area contributed by atoms with Crippen LogP contribution in [0.15, 0.2) is 24.3 Å². The standard InChI is InChI=1S/C15H24N2O2S/c1-3-20(18,19)12-13(2)16-14-6-8-15(9-7-14)17-10-4-5-11-17/h6-9,13,16H,3-5,10-12H2,1-2H3. The molecule has 2 rings (SSSR count). The molecule has 1 aliphatic heterocycles. The van der Waals surface area contributed by atoms with Crippen LogP contribution < -0.4 is 10.2 Å². The summed E-state index contributed by atoms with van der Waals surface area (Å²) in [4.78, 5) is 2.38. The minimum Gasteiger partial charge on any atom is -0.382 e. The third kappa shape index (κ3) is 4.13. The Hall–Kier alpha value is -1.23. The van der Waals surface area contributed by atoms with E-state index in [0.29, 0.717) is 0 Å². The monoisotopic (exact) mass is 296 g/mol. The van der Waals surface area contributed by atoms with E-state index in [1.807, 2.05) is 19.1 Å². The molecule has 1 N–H and O–H groups in total. The first-order chi connectivity index (χ1) is 9.50. The summed E-state index contributed by atoms with van der Waals surface area (Å²) in [5.41, 5.74) is 2.23. The van der Waals surface area contributed by atoms with Crippen molar-refractivity contribution in [3.05, 3.63) is 24.3 Å². The molecule has 4 nitrogen and oxygen atoms in total. The third-order valence-corrected chi connectivity index (χ3v) is 5.58. The largest absolute Gasteiger partial charge is 0.382 e. The van der Waals surface area contributed by atoms with Gasteiger partial charge in [0.15, 0.2) is 9.84 Å². The zero-order chi connectivity index (χ0) is 14.6. The molecule has 0 aliphatic carbocycles. The van der Waals surface area contributed by atoms with E-state index >= 15 is 0 Å². The first kappa shape index (κ1) is 15.2. The number of hydrogen-bond donors (Lipinski definition) is 1. The third-order valence-electron chi connectivity index (χ3n) is 3.70. The molecular formula is C15H24N2O2S. The Bertz CT molecular complexity index is 519. The molecule has 1 fully saturated rings. The maximum atomic E-state index is 11.6. The van der Waals surface area contributed by atoms with Gasteiger partial charge in [-0.15, -0.1) is 0 Å². The molecule has 1 unspecified atom stereocenters. The van der Waals surface area contributed by atoms with Crippen molar-refractivity contribution in [3.63, 3.8) is 0 Å². The summed E-state index contributed by atoms with van der Waals surface area (Å²) in [7, 11) is -2.93. The Kier molecular flexibility index (Phi) is 4.91. The van der Waals surface area contributed by atoms with Crippen molar-refractivity contribution < 1.29 is 8.42 Å². The van der Waals surface area contributed by atoms with E-state index < -0.39 is 9.84 Å². The number of nitrogens with one attached hydrogen (secondary N) is 1. The van der Waals surface area contributed by atoms with Crippen LogP contribution in [-0.4, -0.2) is 39.1 Å². The quantitative estimate of drug-likeness (QED) is 0.876. The van der Waals surface area contributed by atoms with Crippen molar-refractivity contribution in [2.24, 2.45) is 0 Å². The summed E-state index contributed by atoms with van der Waals surface area (Å²) >= 11 is 0. The molecule has 1 atom stereocenters. The molecule has 5 heteroatoms. The van der Waals surface area contributed by atoms with E-state index in [4.69, 9.17) is 0 Å². The van der Waals surface area contributed by atoms with Crippen molar-refractivity contribution in [2.75, 3.05) is 34.8 Å². The van der Waals surface area contributed by atoms with Gasteiger partial charge in [0.05, 0.1) is 5.75 Å². The van der Waals surface area contributed by atoms with Gasteiger partial charge in [-0.3, -0.25) is 0 Å². The number of hydrogen-bond acceptors (Lipinski definition) is 4. The lowest BCUT2D eigenvalue weighted by Crippen LogP contribution is -2.26. The molecule has 1 aromatic rings. The second-order valence-electron chi connectivity index (χ2n) is 5.49. The normalized spacial score (nSPS) is 17.2. The number of rotatable bonds is 6. The molecule has 0 aromatic heterocycles. The van der Waals surface area contributed by atoms with Crippen molar-refractivity contribution in [2.45, 2.75) is 32.7 Å². The van der Waals surface area contributed by atoms with Crippen LogP contribution in [0, 0.1) is 0 Å². The van der Waals surface area contributed by atoms with Gasteiger partial charge in [0, 0.05) is 36.3 Å². The first-order valence-corrected chi connectivity index (χ1v) is 9.14. The summed E-state index contributed by atoms with van der Waals surface area (Å²) in [6.45, 7) is 5.87. The number of sulfone groups is 1. The molecule has 112 valence electrons. The second kappa shape index (κ2) is 6.48. The molecule has 0 bridgehead atoms. The summed E-state index contributed by atoms with van der Waals surface area (Å²) in [5.74, 6) is 0.379. The Labute approximate surface area is 122 Å². The number of benzene rings is 1. The van der Waals surface area contributed by atoms with Gasteiger partial charge in [-0.2, -0.15) is 0 Å². The molecule has 0 radical (unpaired) electrons. The highest BCUT2D eigenvalue weighted by Crippen LogP contribution is 2.22. The fourth-order valence-corrected chi connectivity index (χ4v) is 3.65. The topological polar surface area (TPSA) is 49.4 Å². The van der Waals surface area contributed by atoms with Gasteiger partial charge in [0.1, 0.15) is 0 Å². The van der Waals surface area contributed by atoms with Crippen molar-refractivity contribution in [3.8, 4) is 0 Å². The maximum Gasteiger partial charge on any atom is 0.152 e. The Morgan fingerprint density at radius 3 is 2.35 bits per heavy atom. The van der Waals surface area contributed by atoms with Crippen LogP contribution in [0.4, 0.5) is 11.4 Å². The van der Waals surface area contributed by atoms with E-state index in [2.05, 4.69) is 22.3 Å². The lowest BCUT2D eigenvalue weighted by atomic mass is 10.2. The molecular weight excluding hydrogens is 272 g/mol. The summed E-state index contributed by atoms with van der Waals surface area (Å²) in [6, 6.07) is 8.20. The van der Waals surface area contributed by atoms with Crippen LogP contribution in [-0.2, 0) is 9.84 Å². The second-order valence-corrected chi connectivity index (χ2v) is 7.88. The average molecular weight is 296 g/mol. The van der Waals surface area contributed by atoms with Gasteiger partial charge in [0.25, 0.3) is 0 Å². The van der Waals surface area contributed by atoms with E-state index in [-0.39, 0.29) is 17.5 Å². The van der Waals surface area contributed by atoms with Crippen LogP contribution in [0.25, 0.3) is 0 Å². The highest BCUT2D eigenvalue weighted by molar-refractivity contribution is 7.91. The van der Waals surface area contributed by atoms with E-state index in [9.17, 15) is 8.42 Å². The lowest BCUT2D eigenvalue weighted by Gasteiger charge is -2.19. The van der Waals surface area contributed by atoms with Crippen molar-refractivity contribution in [1.82, 2.24) is 0 Å². The lowest BCUT2D eigenvalue weighted by molar-refractivity contribution is 0.593. The predicted octanol–water partition coefficient (Wildman–Crippen LogP) is 2.52. The zero-order valence-corrected chi connectivity index (χ0v) is 13.1. The summed E-state index contributed by atoms with van der Waals surface area (Å²) in [6.07, 6.45) is 2.54. The molecule has 20 heavy (non-hydrogen) atoms. The van der Waals surface area contributed by atoms with Gasteiger partial charge in [-0.25, -0.2) is 8.42 Å². The van der Waals surface area contributed by atoms with E-state index in [0.717, 1.165) is 18.8 Å².